The summed E-state index contributed by atoms with van der Waals surface area (Å²) >= 11 is 4.68. The zero-order valence-electron chi connectivity index (χ0n) is 24.4. The minimum Gasteiger partial charge on any atom is -0.414 e. The van der Waals surface area contributed by atoms with Crippen molar-refractivity contribution in [2.45, 2.75) is 102 Å². The highest BCUT2D eigenvalue weighted by molar-refractivity contribution is 7.89. The lowest BCUT2D eigenvalue weighted by Gasteiger charge is -2.51. The number of imidazole rings is 1. The lowest BCUT2D eigenvalue weighted by Crippen LogP contribution is -2.66. The number of rotatable bonds is 8. The molecule has 4 rings (SSSR count). The molecule has 2 saturated heterocycles. The molecule has 0 radical (unpaired) electrons. The Morgan fingerprint density at radius 3 is 2.32 bits per heavy atom. The van der Waals surface area contributed by atoms with Gasteiger partial charge in [0, 0.05) is 7.05 Å². The van der Waals surface area contributed by atoms with Crippen LogP contribution in [0, 0.1) is 0 Å². The largest absolute Gasteiger partial charge is 0.414 e. The van der Waals surface area contributed by atoms with E-state index in [1.54, 1.807) is 12.4 Å². The number of ether oxygens (including phenoxy) is 2. The first-order valence-corrected chi connectivity index (χ1v) is 18.2. The lowest BCUT2D eigenvalue weighted by molar-refractivity contribution is -0.0678. The third-order valence-electron chi connectivity index (χ3n) is 8.07. The summed E-state index contributed by atoms with van der Waals surface area (Å²) in [5.41, 5.74) is 1.68. The molecular weight excluding hydrogens is 537 g/mol. The normalized spacial score (nSPS) is 28.9. The van der Waals surface area contributed by atoms with E-state index in [1.165, 1.54) is 0 Å². The van der Waals surface area contributed by atoms with E-state index in [-0.39, 0.29) is 34.4 Å². The van der Waals surface area contributed by atoms with Gasteiger partial charge in [0.25, 0.3) is 0 Å². The highest BCUT2D eigenvalue weighted by Crippen LogP contribution is 2.48. The summed E-state index contributed by atoms with van der Waals surface area (Å²) in [6, 6.07) is 0. The minimum absolute atomic E-state index is 0.209. The van der Waals surface area contributed by atoms with Gasteiger partial charge in [-0.05, 0) is 22.2 Å². The molecular formula is C26H46N4O5SSi2. The van der Waals surface area contributed by atoms with Crippen molar-refractivity contribution in [3.8, 4) is 0 Å². The molecule has 38 heavy (non-hydrogen) atoms. The van der Waals surface area contributed by atoms with Gasteiger partial charge in [-0.1, -0.05) is 61.5 Å². The maximum atomic E-state index is 7.36. The summed E-state index contributed by atoms with van der Waals surface area (Å²) in [6.07, 6.45) is 1.93. The Bertz CT molecular complexity index is 1110. The Morgan fingerprint density at radius 2 is 1.74 bits per heavy atom. The standard InChI is InChI=1S/C26H46N4O5SSi2/c1-11-12-31-23-22-20(33-25(23)30-15-27-21-24(30)28-14-29(10)26(21)36)13-32-37(16(2)3,17(4)5)35-38(34-22,18(6)7)19(8)9/h11,15-20,22-23,25,36H,1,12-14H2,2-10H3/t20-,22-,23-,25-/m1/s1. The van der Waals surface area contributed by atoms with Gasteiger partial charge in [-0.15, -0.1) is 19.2 Å². The predicted molar refractivity (Wildman–Crippen MR) is 156 cm³/mol. The number of nitrogens with zero attached hydrogens (tertiary/aromatic N) is 4. The van der Waals surface area contributed by atoms with E-state index in [0.717, 1.165) is 15.9 Å². The summed E-state index contributed by atoms with van der Waals surface area (Å²) in [5.74, 6) is 0. The van der Waals surface area contributed by atoms with Gasteiger partial charge in [-0.3, -0.25) is 4.57 Å². The molecule has 0 unspecified atom stereocenters. The molecule has 9 nitrogen and oxygen atoms in total. The van der Waals surface area contributed by atoms with E-state index in [2.05, 4.69) is 79.6 Å². The van der Waals surface area contributed by atoms with Crippen molar-refractivity contribution in [2.24, 2.45) is 4.99 Å². The number of thiol groups is 1. The third-order valence-corrected chi connectivity index (χ3v) is 18.9. The van der Waals surface area contributed by atoms with Crippen molar-refractivity contribution in [1.29, 1.82) is 0 Å². The maximum absolute atomic E-state index is 7.36. The molecule has 0 aromatic carbocycles. The summed E-state index contributed by atoms with van der Waals surface area (Å²) in [5, 5.41) is 1.52. The van der Waals surface area contributed by atoms with E-state index in [0.29, 0.717) is 19.9 Å². The van der Waals surface area contributed by atoms with Crippen LogP contribution in [-0.2, 0) is 22.4 Å². The zero-order valence-corrected chi connectivity index (χ0v) is 27.3. The monoisotopic (exact) mass is 582 g/mol. The fraction of sp³-hybridized carbons (Fsp3) is 0.769. The van der Waals surface area contributed by atoms with E-state index in [9.17, 15) is 0 Å². The van der Waals surface area contributed by atoms with Crippen LogP contribution in [0.2, 0.25) is 22.2 Å². The molecule has 1 aromatic heterocycles. The number of hydrogen-bond acceptors (Lipinski definition) is 9. The molecule has 0 N–H and O–H groups in total. The maximum Gasteiger partial charge on any atom is 0.335 e. The summed E-state index contributed by atoms with van der Waals surface area (Å²) < 4.78 is 36.7. The zero-order chi connectivity index (χ0) is 28.0. The Hall–Kier alpha value is -0.996. The van der Waals surface area contributed by atoms with Crippen LogP contribution in [0.5, 0.6) is 0 Å². The van der Waals surface area contributed by atoms with E-state index in [4.69, 9.17) is 27.4 Å². The molecule has 0 aliphatic carbocycles. The van der Waals surface area contributed by atoms with Gasteiger partial charge in [0.15, 0.2) is 11.7 Å². The fourth-order valence-corrected chi connectivity index (χ4v) is 17.4. The molecule has 12 heteroatoms. The van der Waals surface area contributed by atoms with Gasteiger partial charge in [-0.25, -0.2) is 9.98 Å². The van der Waals surface area contributed by atoms with Crippen molar-refractivity contribution < 1.29 is 22.4 Å². The average molecular weight is 583 g/mol. The van der Waals surface area contributed by atoms with Crippen LogP contribution >= 0.6 is 12.6 Å². The van der Waals surface area contributed by atoms with E-state index < -0.39 is 29.5 Å². The lowest BCUT2D eigenvalue weighted by atomic mass is 10.1. The number of aromatic nitrogens is 2. The van der Waals surface area contributed by atoms with Crippen molar-refractivity contribution in [3.63, 3.8) is 0 Å². The van der Waals surface area contributed by atoms with Gasteiger partial charge in [0.1, 0.15) is 30.3 Å². The first-order chi connectivity index (χ1) is 17.9. The molecule has 3 aliphatic heterocycles. The van der Waals surface area contributed by atoms with E-state index in [1.807, 2.05) is 16.5 Å². The quantitative estimate of drug-likeness (QED) is 0.284. The number of fused-ring (bicyclic) bond motifs is 2. The molecule has 3 aliphatic rings. The average Bonchev–Trinajstić information content (AvgIpc) is 3.40. The van der Waals surface area contributed by atoms with Crippen molar-refractivity contribution >= 4 is 34.8 Å². The van der Waals surface area contributed by atoms with Gasteiger partial charge < -0.3 is 27.3 Å². The molecule has 0 bridgehead atoms. The SMILES string of the molecule is C=CCO[C@@H]1[C@@H]2O[Si](C(C)C)(C(C)C)O[Si](C(C)C)(C(C)C)OC[C@H]2O[C@H]1n1cnc2c1=NCN(C)C=2S. The topological polar surface area (TPSA) is 79.6 Å². The van der Waals surface area contributed by atoms with Crippen LogP contribution in [-0.4, -0.2) is 76.8 Å². The minimum atomic E-state index is -2.83. The summed E-state index contributed by atoms with van der Waals surface area (Å²) in [6.45, 7) is 22.9. The molecule has 1 aromatic rings. The van der Waals surface area contributed by atoms with Crippen LogP contribution in [0.25, 0.3) is 5.03 Å². The van der Waals surface area contributed by atoms with Gasteiger partial charge in [0.2, 0.25) is 0 Å². The van der Waals surface area contributed by atoms with Gasteiger partial charge >= 0.3 is 17.1 Å². The van der Waals surface area contributed by atoms with Crippen LogP contribution in [0.4, 0.5) is 0 Å². The number of hydrogen-bond donors (Lipinski definition) is 1. The molecule has 2 fully saturated rings. The highest BCUT2D eigenvalue weighted by atomic mass is 32.1. The molecule has 0 spiro atoms. The predicted octanol–water partition coefficient (Wildman–Crippen LogP) is 3.83. The highest BCUT2D eigenvalue weighted by Gasteiger charge is 2.62. The smallest absolute Gasteiger partial charge is 0.335 e. The van der Waals surface area contributed by atoms with Crippen LogP contribution in [0.15, 0.2) is 24.0 Å². The first kappa shape index (κ1) is 30.0. The molecule has 4 heterocycles. The Labute approximate surface area is 235 Å². The Balaban J connectivity index is 1.83. The van der Waals surface area contributed by atoms with Crippen LogP contribution in [0.3, 0.4) is 0 Å². The molecule has 0 saturated carbocycles. The third kappa shape index (κ3) is 5.00. The summed E-state index contributed by atoms with van der Waals surface area (Å²) in [7, 11) is -3.56. The Kier molecular flexibility index (Phi) is 9.05. The van der Waals surface area contributed by atoms with Crippen molar-refractivity contribution in [3.05, 3.63) is 29.8 Å². The summed E-state index contributed by atoms with van der Waals surface area (Å²) in [4.78, 5) is 11.4. The van der Waals surface area contributed by atoms with Crippen molar-refractivity contribution in [2.75, 3.05) is 26.9 Å². The second-order valence-corrected chi connectivity index (χ2v) is 21.1. The molecule has 4 atom stereocenters. The molecule has 214 valence electrons. The first-order valence-electron chi connectivity index (χ1n) is 13.8. The van der Waals surface area contributed by atoms with Crippen LogP contribution < -0.4 is 10.8 Å². The van der Waals surface area contributed by atoms with Gasteiger partial charge in [0.05, 0.1) is 24.6 Å². The Morgan fingerprint density at radius 1 is 1.11 bits per heavy atom. The second-order valence-electron chi connectivity index (χ2n) is 11.9. The second kappa shape index (κ2) is 11.5. The van der Waals surface area contributed by atoms with E-state index >= 15 is 0 Å². The van der Waals surface area contributed by atoms with Crippen LogP contribution in [0.1, 0.15) is 61.6 Å². The fourth-order valence-electron chi connectivity index (χ4n) is 5.98. The molecule has 0 amide bonds. The van der Waals surface area contributed by atoms with Gasteiger partial charge in [-0.2, -0.15) is 0 Å². The van der Waals surface area contributed by atoms with Crippen molar-refractivity contribution in [1.82, 2.24) is 14.5 Å².